The first-order valence-corrected chi connectivity index (χ1v) is 8.94. The Morgan fingerprint density at radius 3 is 2.36 bits per heavy atom. The molecule has 25 heavy (non-hydrogen) atoms. The molecular formula is C16H18N2O6S. The first-order valence-electron chi connectivity index (χ1n) is 7.46. The molecule has 1 aromatic carbocycles. The number of sulfonamides is 1. The quantitative estimate of drug-likeness (QED) is 0.468. The molecule has 1 aliphatic rings. The van der Waals surface area contributed by atoms with Crippen LogP contribution in [0.1, 0.15) is 20.8 Å². The number of non-ortho nitro benzene ring substituents is 1. The number of rotatable bonds is 6. The summed E-state index contributed by atoms with van der Waals surface area (Å²) in [7, 11) is -4.15. The van der Waals surface area contributed by atoms with Crippen molar-refractivity contribution in [3.8, 4) is 0 Å². The average molecular weight is 366 g/mol. The Hall–Kier alpha value is -2.36. The van der Waals surface area contributed by atoms with Gasteiger partial charge in [0.25, 0.3) is 5.69 Å². The van der Waals surface area contributed by atoms with Crippen LogP contribution in [-0.2, 0) is 19.6 Å². The van der Waals surface area contributed by atoms with Crippen molar-refractivity contribution in [2.24, 2.45) is 0 Å². The minimum Gasteiger partial charge on any atom is -0.352 e. The first-order chi connectivity index (χ1) is 11.6. The monoisotopic (exact) mass is 366 g/mol. The molecule has 0 atom stereocenters. The summed E-state index contributed by atoms with van der Waals surface area (Å²) in [6.45, 7) is 5.04. The number of allylic oxidation sites excluding steroid dienone is 2. The maximum absolute atomic E-state index is 12.8. The van der Waals surface area contributed by atoms with Gasteiger partial charge in [-0.25, -0.2) is 8.42 Å². The number of nitrogens with zero attached hydrogens (tertiary/aromatic N) is 1. The van der Waals surface area contributed by atoms with Crippen LogP contribution in [0.2, 0.25) is 0 Å². The standard InChI is InChI=1S/C16H18N2O6S/c1-4-24-16(11(2)8-14(19)9-12(16)3)17-25(22,23)15-7-5-6-13(10-15)18(20)21/h5-10,17H,4H2,1-3H3. The van der Waals surface area contributed by atoms with Crippen molar-refractivity contribution in [1.29, 1.82) is 0 Å². The van der Waals surface area contributed by atoms with Gasteiger partial charge in [0.2, 0.25) is 10.0 Å². The Labute approximate surface area is 145 Å². The van der Waals surface area contributed by atoms with Crippen molar-refractivity contribution in [3.05, 3.63) is 57.7 Å². The highest BCUT2D eigenvalue weighted by Gasteiger charge is 2.42. The minimum absolute atomic E-state index is 0.183. The highest BCUT2D eigenvalue weighted by atomic mass is 32.2. The fraction of sp³-hybridized carbons (Fsp3) is 0.312. The van der Waals surface area contributed by atoms with Crippen molar-refractivity contribution in [2.45, 2.75) is 31.4 Å². The number of carbonyl (C=O) groups excluding carboxylic acids is 1. The van der Waals surface area contributed by atoms with Crippen LogP contribution in [0.25, 0.3) is 0 Å². The summed E-state index contributed by atoms with van der Waals surface area (Å²) in [5.41, 5.74) is -1.08. The van der Waals surface area contributed by atoms with E-state index in [1.54, 1.807) is 20.8 Å². The highest BCUT2D eigenvalue weighted by Crippen LogP contribution is 2.32. The molecule has 0 spiro atoms. The molecule has 1 N–H and O–H groups in total. The lowest BCUT2D eigenvalue weighted by Gasteiger charge is -2.37. The molecule has 0 saturated carbocycles. The molecule has 8 nitrogen and oxygen atoms in total. The normalized spacial score (nSPS) is 17.0. The molecule has 0 saturated heterocycles. The van der Waals surface area contributed by atoms with Gasteiger partial charge in [-0.15, -0.1) is 0 Å². The van der Waals surface area contributed by atoms with Gasteiger partial charge in [-0.05, 0) is 50.1 Å². The van der Waals surface area contributed by atoms with E-state index in [9.17, 15) is 23.3 Å². The van der Waals surface area contributed by atoms with Gasteiger partial charge in [-0.2, -0.15) is 4.72 Å². The second-order valence-electron chi connectivity index (χ2n) is 5.53. The number of hydrogen-bond acceptors (Lipinski definition) is 6. The van der Waals surface area contributed by atoms with Gasteiger partial charge >= 0.3 is 0 Å². The molecule has 1 aliphatic carbocycles. The maximum atomic E-state index is 12.8. The maximum Gasteiger partial charge on any atom is 0.270 e. The molecule has 0 radical (unpaired) electrons. The molecule has 0 heterocycles. The van der Waals surface area contributed by atoms with E-state index >= 15 is 0 Å². The summed E-state index contributed by atoms with van der Waals surface area (Å²) in [5.74, 6) is -0.264. The molecule has 0 bridgehead atoms. The van der Waals surface area contributed by atoms with Crippen LogP contribution in [0.15, 0.2) is 52.5 Å². The summed E-state index contributed by atoms with van der Waals surface area (Å²) in [4.78, 5) is 21.6. The molecule has 0 aliphatic heterocycles. The van der Waals surface area contributed by atoms with E-state index in [0.29, 0.717) is 11.1 Å². The van der Waals surface area contributed by atoms with Crippen LogP contribution in [0, 0.1) is 10.1 Å². The predicted octanol–water partition coefficient (Wildman–Crippen LogP) is 2.08. The third-order valence-electron chi connectivity index (χ3n) is 3.81. The van der Waals surface area contributed by atoms with Crippen molar-refractivity contribution in [2.75, 3.05) is 6.61 Å². The van der Waals surface area contributed by atoms with E-state index in [-0.39, 0.29) is 23.0 Å². The van der Waals surface area contributed by atoms with Crippen LogP contribution in [0.3, 0.4) is 0 Å². The fourth-order valence-corrected chi connectivity index (χ4v) is 4.04. The number of ether oxygens (including phenoxy) is 1. The van der Waals surface area contributed by atoms with E-state index in [4.69, 9.17) is 4.74 Å². The third kappa shape index (κ3) is 3.68. The highest BCUT2D eigenvalue weighted by molar-refractivity contribution is 7.89. The number of nitro groups is 1. The predicted molar refractivity (Wildman–Crippen MR) is 90.3 cm³/mol. The second-order valence-corrected chi connectivity index (χ2v) is 7.21. The lowest BCUT2D eigenvalue weighted by molar-refractivity contribution is -0.385. The van der Waals surface area contributed by atoms with Crippen molar-refractivity contribution >= 4 is 21.5 Å². The minimum atomic E-state index is -4.15. The molecular weight excluding hydrogens is 348 g/mol. The zero-order valence-electron chi connectivity index (χ0n) is 14.0. The van der Waals surface area contributed by atoms with Crippen LogP contribution in [0.4, 0.5) is 5.69 Å². The Kier molecular flexibility index (Phi) is 5.21. The fourth-order valence-electron chi connectivity index (χ4n) is 2.63. The number of carbonyl (C=O) groups is 1. The summed E-state index contributed by atoms with van der Waals surface area (Å²) in [5, 5.41) is 10.9. The van der Waals surface area contributed by atoms with Crippen LogP contribution in [-0.4, -0.2) is 31.5 Å². The zero-order chi connectivity index (χ0) is 18.8. The van der Waals surface area contributed by atoms with Gasteiger partial charge in [0.15, 0.2) is 11.5 Å². The Balaban J connectivity index is 2.51. The number of nitrogens with one attached hydrogen (secondary N) is 1. The van der Waals surface area contributed by atoms with Gasteiger partial charge in [0.1, 0.15) is 0 Å². The van der Waals surface area contributed by atoms with Crippen LogP contribution >= 0.6 is 0 Å². The molecule has 9 heteroatoms. The molecule has 0 aromatic heterocycles. The van der Waals surface area contributed by atoms with Gasteiger partial charge in [0.05, 0.1) is 9.82 Å². The van der Waals surface area contributed by atoms with Crippen molar-refractivity contribution in [1.82, 2.24) is 4.72 Å². The largest absolute Gasteiger partial charge is 0.352 e. The van der Waals surface area contributed by atoms with Crippen LogP contribution < -0.4 is 4.72 Å². The van der Waals surface area contributed by atoms with Gasteiger partial charge in [-0.1, -0.05) is 6.07 Å². The molecule has 134 valence electrons. The van der Waals surface area contributed by atoms with Crippen LogP contribution in [0.5, 0.6) is 0 Å². The summed E-state index contributed by atoms with van der Waals surface area (Å²) < 4.78 is 33.7. The number of benzene rings is 1. The lowest BCUT2D eigenvalue weighted by Crippen LogP contribution is -2.53. The van der Waals surface area contributed by atoms with Crippen molar-refractivity contribution < 1.29 is 22.9 Å². The Morgan fingerprint density at radius 1 is 1.24 bits per heavy atom. The molecule has 0 unspecified atom stereocenters. The smallest absolute Gasteiger partial charge is 0.270 e. The summed E-state index contributed by atoms with van der Waals surface area (Å²) in [6.07, 6.45) is 2.58. The van der Waals surface area contributed by atoms with E-state index in [1.807, 2.05) is 0 Å². The lowest BCUT2D eigenvalue weighted by atomic mass is 9.90. The third-order valence-corrected chi connectivity index (χ3v) is 5.24. The van der Waals surface area contributed by atoms with Gasteiger partial charge < -0.3 is 4.74 Å². The average Bonchev–Trinajstić information content (AvgIpc) is 2.52. The van der Waals surface area contributed by atoms with E-state index in [2.05, 4.69) is 4.72 Å². The SMILES string of the molecule is CCOC1(NS(=O)(=O)c2cccc([N+](=O)[O-])c2)C(C)=CC(=O)C=C1C. The number of nitro benzene ring substituents is 1. The topological polar surface area (TPSA) is 116 Å². The van der Waals surface area contributed by atoms with E-state index in [0.717, 1.165) is 6.07 Å². The van der Waals surface area contributed by atoms with E-state index in [1.165, 1.54) is 30.4 Å². The first kappa shape index (κ1) is 19.0. The molecule has 1 aromatic rings. The second kappa shape index (κ2) is 6.87. The van der Waals surface area contributed by atoms with E-state index < -0.39 is 20.7 Å². The number of ketones is 1. The van der Waals surface area contributed by atoms with Gasteiger partial charge in [0, 0.05) is 18.7 Å². The van der Waals surface area contributed by atoms with Gasteiger partial charge in [-0.3, -0.25) is 14.9 Å². The molecule has 2 rings (SSSR count). The molecule has 0 fully saturated rings. The number of hydrogen-bond donors (Lipinski definition) is 1. The Morgan fingerprint density at radius 2 is 1.84 bits per heavy atom. The zero-order valence-corrected chi connectivity index (χ0v) is 14.8. The van der Waals surface area contributed by atoms with Crippen molar-refractivity contribution in [3.63, 3.8) is 0 Å². The summed E-state index contributed by atoms with van der Waals surface area (Å²) in [6, 6.07) is 4.71. The summed E-state index contributed by atoms with van der Waals surface area (Å²) >= 11 is 0. The Bertz CT molecular complexity index is 864. The molecule has 0 amide bonds.